The van der Waals surface area contributed by atoms with Crippen LogP contribution in [0.2, 0.25) is 0 Å². The highest BCUT2D eigenvalue weighted by molar-refractivity contribution is 6.08. The van der Waals surface area contributed by atoms with Gasteiger partial charge in [0.05, 0.1) is 6.61 Å². The number of carbonyl (C=O) groups is 3. The summed E-state index contributed by atoms with van der Waals surface area (Å²) in [6, 6.07) is 6.99. The number of ether oxygens (including phenoxy) is 1. The van der Waals surface area contributed by atoms with Crippen molar-refractivity contribution in [3.8, 4) is 0 Å². The van der Waals surface area contributed by atoms with Crippen LogP contribution in [0.4, 0.5) is 0 Å². The highest BCUT2D eigenvalue weighted by Crippen LogP contribution is 2.31. The number of nitrogens with zero attached hydrogens (tertiary/aromatic N) is 3. The van der Waals surface area contributed by atoms with Gasteiger partial charge < -0.3 is 14.5 Å². The van der Waals surface area contributed by atoms with Gasteiger partial charge in [0, 0.05) is 26.2 Å². The van der Waals surface area contributed by atoms with Crippen LogP contribution in [0.5, 0.6) is 0 Å². The molecule has 2 atom stereocenters. The Balaban J connectivity index is 1.91. The molecule has 144 valence electrons. The van der Waals surface area contributed by atoms with Crippen LogP contribution in [0.1, 0.15) is 24.1 Å². The van der Waals surface area contributed by atoms with Crippen molar-refractivity contribution in [3.63, 3.8) is 0 Å². The number of guanidine groups is 1. The lowest BCUT2D eigenvalue weighted by Gasteiger charge is -2.37. The lowest BCUT2D eigenvalue weighted by Crippen LogP contribution is -2.57. The second-order valence-corrected chi connectivity index (χ2v) is 6.66. The van der Waals surface area contributed by atoms with Crippen LogP contribution in [-0.4, -0.2) is 66.8 Å². The van der Waals surface area contributed by atoms with E-state index in [-0.39, 0.29) is 6.61 Å². The number of nitrogens with one attached hydrogen (secondary N) is 1. The number of hydrogen-bond acceptors (Lipinski definition) is 6. The van der Waals surface area contributed by atoms with E-state index in [2.05, 4.69) is 5.32 Å². The van der Waals surface area contributed by atoms with E-state index in [1.807, 2.05) is 36.1 Å². The minimum absolute atomic E-state index is 0.202. The van der Waals surface area contributed by atoms with Crippen molar-refractivity contribution in [1.29, 1.82) is 0 Å². The molecule has 0 aromatic heterocycles. The maximum Gasteiger partial charge on any atom is 0.321 e. The topological polar surface area (TPSA) is 91.3 Å². The Labute approximate surface area is 158 Å². The van der Waals surface area contributed by atoms with Gasteiger partial charge in [0.25, 0.3) is 0 Å². The van der Waals surface area contributed by atoms with Crippen LogP contribution in [0, 0.1) is 12.8 Å². The summed E-state index contributed by atoms with van der Waals surface area (Å²) in [5.74, 6) is -1.57. The summed E-state index contributed by atoms with van der Waals surface area (Å²) in [5, 5.41) is 2.75. The van der Waals surface area contributed by atoms with Crippen molar-refractivity contribution in [1.82, 2.24) is 15.1 Å². The molecule has 3 rings (SSSR count). The van der Waals surface area contributed by atoms with E-state index >= 15 is 0 Å². The van der Waals surface area contributed by atoms with Crippen LogP contribution >= 0.6 is 0 Å². The second kappa shape index (κ2) is 8.20. The quantitative estimate of drug-likeness (QED) is 0.471. The first-order valence-corrected chi connectivity index (χ1v) is 9.09. The summed E-state index contributed by atoms with van der Waals surface area (Å²) in [6.45, 7) is 6.16. The third kappa shape index (κ3) is 4.10. The molecule has 8 heteroatoms. The summed E-state index contributed by atoms with van der Waals surface area (Å²) in [6.07, 6.45) is 0.824. The number of hydrogen-bond donors (Lipinski definition) is 1. The molecule has 1 aromatic carbocycles. The fourth-order valence-corrected chi connectivity index (χ4v) is 3.27. The third-order valence-electron chi connectivity index (χ3n) is 4.82. The minimum atomic E-state index is -1.02. The maximum absolute atomic E-state index is 12.7. The molecule has 0 radical (unpaired) electrons. The van der Waals surface area contributed by atoms with Gasteiger partial charge in [-0.05, 0) is 19.4 Å². The molecule has 27 heavy (non-hydrogen) atoms. The smallest absolute Gasteiger partial charge is 0.321 e. The average molecular weight is 372 g/mol. The molecule has 8 nitrogen and oxygen atoms in total. The zero-order chi connectivity index (χ0) is 19.4. The highest BCUT2D eigenvalue weighted by Gasteiger charge is 2.42. The third-order valence-corrected chi connectivity index (χ3v) is 4.82. The molecule has 2 amide bonds. The Bertz CT molecular complexity index is 739. The fraction of sp³-hybridized carbons (Fsp3) is 0.474. The van der Waals surface area contributed by atoms with Gasteiger partial charge in [0.2, 0.25) is 18.3 Å². The molecular weight excluding hydrogens is 348 g/mol. The van der Waals surface area contributed by atoms with Crippen molar-refractivity contribution in [2.24, 2.45) is 10.9 Å². The van der Waals surface area contributed by atoms with Crippen LogP contribution < -0.4 is 5.32 Å². The Hall–Kier alpha value is -2.90. The Morgan fingerprint density at radius 1 is 1.26 bits per heavy atom. The lowest BCUT2D eigenvalue weighted by atomic mass is 9.91. The van der Waals surface area contributed by atoms with Crippen LogP contribution in [0.15, 0.2) is 29.3 Å². The van der Waals surface area contributed by atoms with Crippen molar-refractivity contribution in [2.75, 3.05) is 32.8 Å². The zero-order valence-electron chi connectivity index (χ0n) is 15.6. The molecule has 2 unspecified atom stereocenters. The number of rotatable bonds is 4. The van der Waals surface area contributed by atoms with Crippen molar-refractivity contribution < 1.29 is 19.1 Å². The van der Waals surface area contributed by atoms with Gasteiger partial charge in [-0.1, -0.05) is 29.8 Å². The standard InChI is InChI=1S/C19H24N4O4/c1-3-27-18(26)15-16(14-6-4-13(2)5-7-14)20-19(21-17(15)25)23-10-8-22(12-24)9-11-23/h4-7,12,15-16H,3,8-11H2,1-2H3,(H,20,21,25). The largest absolute Gasteiger partial charge is 0.465 e. The number of aliphatic imine (C=N–C) groups is 1. The number of carbonyl (C=O) groups excluding carboxylic acids is 3. The summed E-state index contributed by atoms with van der Waals surface area (Å²) in [7, 11) is 0. The molecule has 2 heterocycles. The van der Waals surface area contributed by atoms with Crippen molar-refractivity contribution in [3.05, 3.63) is 35.4 Å². The number of amides is 2. The van der Waals surface area contributed by atoms with Gasteiger partial charge >= 0.3 is 5.97 Å². The summed E-state index contributed by atoms with van der Waals surface area (Å²) >= 11 is 0. The monoisotopic (exact) mass is 372 g/mol. The van der Waals surface area contributed by atoms with Gasteiger partial charge in [0.15, 0.2) is 5.92 Å². The Kier molecular flexibility index (Phi) is 5.73. The first kappa shape index (κ1) is 18.9. The molecule has 0 saturated carbocycles. The van der Waals surface area contributed by atoms with E-state index in [0.717, 1.165) is 17.5 Å². The normalized spacial score (nSPS) is 22.7. The van der Waals surface area contributed by atoms with E-state index in [1.165, 1.54) is 0 Å². The first-order valence-electron chi connectivity index (χ1n) is 9.09. The van der Waals surface area contributed by atoms with E-state index < -0.39 is 23.8 Å². The van der Waals surface area contributed by atoms with Gasteiger partial charge in [-0.15, -0.1) is 0 Å². The summed E-state index contributed by atoms with van der Waals surface area (Å²) in [4.78, 5) is 44.4. The maximum atomic E-state index is 12.7. The number of piperazine rings is 1. The molecule has 2 aliphatic rings. The Morgan fingerprint density at radius 2 is 1.93 bits per heavy atom. The molecule has 2 aliphatic heterocycles. The zero-order valence-corrected chi connectivity index (χ0v) is 15.6. The molecule has 1 fully saturated rings. The second-order valence-electron chi connectivity index (χ2n) is 6.66. The molecular formula is C19H24N4O4. The van der Waals surface area contributed by atoms with Gasteiger partial charge in [-0.2, -0.15) is 0 Å². The van der Waals surface area contributed by atoms with E-state index in [4.69, 9.17) is 9.73 Å². The van der Waals surface area contributed by atoms with Gasteiger partial charge in [0.1, 0.15) is 6.04 Å². The van der Waals surface area contributed by atoms with E-state index in [1.54, 1.807) is 11.8 Å². The van der Waals surface area contributed by atoms with Crippen LogP contribution in [0.3, 0.4) is 0 Å². The lowest BCUT2D eigenvalue weighted by molar-refractivity contribution is -0.153. The SMILES string of the molecule is CCOC(=O)C1C(=O)NC(N2CCN(C=O)CC2)=NC1c1ccc(C)cc1. The Morgan fingerprint density at radius 3 is 2.52 bits per heavy atom. The minimum Gasteiger partial charge on any atom is -0.465 e. The van der Waals surface area contributed by atoms with Crippen LogP contribution in [-0.2, 0) is 19.1 Å². The molecule has 1 aromatic rings. The molecule has 1 N–H and O–H groups in total. The van der Waals surface area contributed by atoms with E-state index in [0.29, 0.717) is 32.1 Å². The molecule has 0 bridgehead atoms. The van der Waals surface area contributed by atoms with E-state index in [9.17, 15) is 14.4 Å². The predicted molar refractivity (Wildman–Crippen MR) is 98.8 cm³/mol. The predicted octanol–water partition coefficient (Wildman–Crippen LogP) is 0.475. The molecule has 1 saturated heterocycles. The number of aryl methyl sites for hydroxylation is 1. The fourth-order valence-electron chi connectivity index (χ4n) is 3.27. The molecule has 0 spiro atoms. The highest BCUT2D eigenvalue weighted by atomic mass is 16.5. The summed E-state index contributed by atoms with van der Waals surface area (Å²) < 4.78 is 5.11. The first-order chi connectivity index (χ1) is 13.0. The van der Waals surface area contributed by atoms with Crippen molar-refractivity contribution in [2.45, 2.75) is 19.9 Å². The van der Waals surface area contributed by atoms with Crippen LogP contribution in [0.25, 0.3) is 0 Å². The summed E-state index contributed by atoms with van der Waals surface area (Å²) in [5.41, 5.74) is 1.87. The number of benzene rings is 1. The number of esters is 1. The van der Waals surface area contributed by atoms with Gasteiger partial charge in [-0.3, -0.25) is 19.7 Å². The van der Waals surface area contributed by atoms with Crippen molar-refractivity contribution >= 4 is 24.2 Å². The molecule has 0 aliphatic carbocycles. The average Bonchev–Trinajstić information content (AvgIpc) is 2.68. The van der Waals surface area contributed by atoms with Gasteiger partial charge in [-0.25, -0.2) is 4.99 Å².